The van der Waals surface area contributed by atoms with Gasteiger partial charge >= 0.3 is 0 Å². The first-order valence-corrected chi connectivity index (χ1v) is 6.69. The Morgan fingerprint density at radius 2 is 2.00 bits per heavy atom. The molecule has 2 heterocycles. The molecule has 1 aromatic heterocycles. The third-order valence-electron chi connectivity index (χ3n) is 3.88. The average molecular weight is 245 g/mol. The molecular weight excluding hydrogens is 226 g/mol. The molecular formula is C14H19N3O. The van der Waals surface area contributed by atoms with Crippen molar-refractivity contribution in [1.29, 1.82) is 0 Å². The first-order valence-electron chi connectivity index (χ1n) is 6.69. The molecule has 1 aromatic rings. The zero-order chi connectivity index (χ0) is 12.5. The summed E-state index contributed by atoms with van der Waals surface area (Å²) >= 11 is 0. The van der Waals surface area contributed by atoms with Crippen molar-refractivity contribution in [3.63, 3.8) is 0 Å². The maximum atomic E-state index is 10.7. The number of aromatic nitrogens is 1. The zero-order valence-corrected chi connectivity index (χ0v) is 10.8. The number of nitrogens with zero attached hydrogens (tertiary/aromatic N) is 3. The normalized spacial score (nSPS) is 20.1. The lowest BCUT2D eigenvalue weighted by molar-refractivity contribution is -0.118. The molecule has 0 N–H and O–H groups in total. The second kappa shape index (κ2) is 4.59. The third kappa shape index (κ3) is 2.19. The van der Waals surface area contributed by atoms with Gasteiger partial charge < -0.3 is 9.80 Å². The SMILES string of the molecule is Cc1cc(C2CC2)cnc1N1CCN(C=O)CC1. The number of hydrogen-bond donors (Lipinski definition) is 0. The number of anilines is 1. The Kier molecular flexibility index (Phi) is 2.94. The van der Waals surface area contributed by atoms with Gasteiger partial charge in [0, 0.05) is 32.4 Å². The molecule has 1 saturated heterocycles. The fourth-order valence-electron chi connectivity index (χ4n) is 2.60. The van der Waals surface area contributed by atoms with E-state index in [0.29, 0.717) is 0 Å². The van der Waals surface area contributed by atoms with Crippen LogP contribution in [0.4, 0.5) is 5.82 Å². The highest BCUT2D eigenvalue weighted by molar-refractivity contribution is 5.51. The molecule has 1 amide bonds. The van der Waals surface area contributed by atoms with Crippen LogP contribution in [0.5, 0.6) is 0 Å². The summed E-state index contributed by atoms with van der Waals surface area (Å²) in [5, 5.41) is 0. The maximum absolute atomic E-state index is 10.7. The number of carbonyl (C=O) groups excluding carboxylic acids is 1. The van der Waals surface area contributed by atoms with E-state index in [-0.39, 0.29) is 0 Å². The number of rotatable bonds is 3. The Morgan fingerprint density at radius 1 is 1.28 bits per heavy atom. The molecule has 2 aliphatic rings. The summed E-state index contributed by atoms with van der Waals surface area (Å²) in [7, 11) is 0. The Morgan fingerprint density at radius 3 is 2.56 bits per heavy atom. The van der Waals surface area contributed by atoms with Crippen molar-refractivity contribution in [2.45, 2.75) is 25.7 Å². The van der Waals surface area contributed by atoms with Gasteiger partial charge in [-0.2, -0.15) is 0 Å². The summed E-state index contributed by atoms with van der Waals surface area (Å²) in [6.07, 6.45) is 5.61. The van der Waals surface area contributed by atoms with E-state index >= 15 is 0 Å². The van der Waals surface area contributed by atoms with Crippen molar-refractivity contribution in [2.75, 3.05) is 31.1 Å². The van der Waals surface area contributed by atoms with E-state index in [9.17, 15) is 4.79 Å². The van der Waals surface area contributed by atoms with Crippen molar-refractivity contribution in [1.82, 2.24) is 9.88 Å². The van der Waals surface area contributed by atoms with Gasteiger partial charge in [-0.25, -0.2) is 4.98 Å². The van der Waals surface area contributed by atoms with E-state index in [1.54, 1.807) is 0 Å². The van der Waals surface area contributed by atoms with Crippen molar-refractivity contribution in [3.8, 4) is 0 Å². The van der Waals surface area contributed by atoms with Crippen LogP contribution < -0.4 is 4.90 Å². The summed E-state index contributed by atoms with van der Waals surface area (Å²) < 4.78 is 0. The first-order chi connectivity index (χ1) is 8.78. The zero-order valence-electron chi connectivity index (χ0n) is 10.8. The van der Waals surface area contributed by atoms with Crippen molar-refractivity contribution >= 4 is 12.2 Å². The highest BCUT2D eigenvalue weighted by atomic mass is 16.1. The van der Waals surface area contributed by atoms with Gasteiger partial charge in [0.15, 0.2) is 0 Å². The molecule has 18 heavy (non-hydrogen) atoms. The number of aryl methyl sites for hydroxylation is 1. The maximum Gasteiger partial charge on any atom is 0.209 e. The summed E-state index contributed by atoms with van der Waals surface area (Å²) in [4.78, 5) is 19.4. The van der Waals surface area contributed by atoms with E-state index < -0.39 is 0 Å². The predicted molar refractivity (Wildman–Crippen MR) is 70.8 cm³/mol. The first kappa shape index (κ1) is 11.5. The Labute approximate surface area is 108 Å². The number of pyridine rings is 1. The fraction of sp³-hybridized carbons (Fsp3) is 0.571. The predicted octanol–water partition coefficient (Wildman–Crippen LogP) is 1.55. The summed E-state index contributed by atoms with van der Waals surface area (Å²) in [5.41, 5.74) is 2.65. The number of hydrogen-bond acceptors (Lipinski definition) is 3. The minimum Gasteiger partial charge on any atom is -0.353 e. The van der Waals surface area contributed by atoms with Gasteiger partial charge in [-0.1, -0.05) is 6.07 Å². The van der Waals surface area contributed by atoms with Crippen LogP contribution in [0.25, 0.3) is 0 Å². The van der Waals surface area contributed by atoms with Crippen LogP contribution in [0.1, 0.15) is 29.9 Å². The van der Waals surface area contributed by atoms with Gasteiger partial charge in [0.25, 0.3) is 0 Å². The Balaban J connectivity index is 1.74. The van der Waals surface area contributed by atoms with Crippen LogP contribution >= 0.6 is 0 Å². The van der Waals surface area contributed by atoms with E-state index in [0.717, 1.165) is 44.3 Å². The summed E-state index contributed by atoms with van der Waals surface area (Å²) in [6.45, 7) is 5.51. The van der Waals surface area contributed by atoms with E-state index in [1.165, 1.54) is 24.0 Å². The summed E-state index contributed by atoms with van der Waals surface area (Å²) in [5.74, 6) is 1.85. The van der Waals surface area contributed by atoms with E-state index in [2.05, 4.69) is 22.9 Å². The molecule has 1 saturated carbocycles. The number of carbonyl (C=O) groups is 1. The fourth-order valence-corrected chi connectivity index (χ4v) is 2.60. The second-order valence-electron chi connectivity index (χ2n) is 5.31. The third-order valence-corrected chi connectivity index (χ3v) is 3.88. The van der Waals surface area contributed by atoms with Crippen molar-refractivity contribution < 1.29 is 4.79 Å². The van der Waals surface area contributed by atoms with Gasteiger partial charge in [0.1, 0.15) is 5.82 Å². The van der Waals surface area contributed by atoms with E-state index in [1.807, 2.05) is 11.1 Å². The lowest BCUT2D eigenvalue weighted by Gasteiger charge is -2.34. The molecule has 3 rings (SSSR count). The van der Waals surface area contributed by atoms with Gasteiger partial charge in [-0.15, -0.1) is 0 Å². The molecule has 4 nitrogen and oxygen atoms in total. The van der Waals surface area contributed by atoms with Gasteiger partial charge in [0.2, 0.25) is 6.41 Å². The molecule has 96 valence electrons. The molecule has 0 unspecified atom stereocenters. The standard InChI is InChI=1S/C14H19N3O/c1-11-8-13(12-2-3-12)9-15-14(11)17-6-4-16(10-18)5-7-17/h8-10,12H,2-7H2,1H3. The minimum atomic E-state index is 0.761. The van der Waals surface area contributed by atoms with Crippen LogP contribution in [-0.4, -0.2) is 42.5 Å². The highest BCUT2D eigenvalue weighted by Crippen LogP contribution is 2.40. The lowest BCUT2D eigenvalue weighted by Crippen LogP contribution is -2.46. The van der Waals surface area contributed by atoms with Gasteiger partial charge in [0.05, 0.1) is 0 Å². The molecule has 4 heteroatoms. The minimum absolute atomic E-state index is 0.761. The number of amides is 1. The smallest absolute Gasteiger partial charge is 0.209 e. The van der Waals surface area contributed by atoms with Crippen LogP contribution in [-0.2, 0) is 4.79 Å². The van der Waals surface area contributed by atoms with Crippen LogP contribution in [0, 0.1) is 6.92 Å². The van der Waals surface area contributed by atoms with Crippen LogP contribution in [0.2, 0.25) is 0 Å². The number of piperazine rings is 1. The Bertz CT molecular complexity index is 448. The van der Waals surface area contributed by atoms with Crippen LogP contribution in [0.15, 0.2) is 12.3 Å². The summed E-state index contributed by atoms with van der Waals surface area (Å²) in [6, 6.07) is 2.28. The molecule has 2 fully saturated rings. The molecule has 0 radical (unpaired) electrons. The van der Waals surface area contributed by atoms with Gasteiger partial charge in [-0.05, 0) is 36.8 Å². The molecule has 0 atom stereocenters. The largest absolute Gasteiger partial charge is 0.353 e. The average Bonchev–Trinajstić information content (AvgIpc) is 3.23. The molecule has 1 aliphatic carbocycles. The van der Waals surface area contributed by atoms with Crippen molar-refractivity contribution in [2.24, 2.45) is 0 Å². The molecule has 0 aromatic carbocycles. The monoisotopic (exact) mass is 245 g/mol. The Hall–Kier alpha value is -1.58. The van der Waals surface area contributed by atoms with Gasteiger partial charge in [-0.3, -0.25) is 4.79 Å². The lowest BCUT2D eigenvalue weighted by atomic mass is 10.1. The molecule has 1 aliphatic heterocycles. The van der Waals surface area contributed by atoms with Crippen molar-refractivity contribution in [3.05, 3.63) is 23.4 Å². The quantitative estimate of drug-likeness (QED) is 0.758. The second-order valence-corrected chi connectivity index (χ2v) is 5.31. The van der Waals surface area contributed by atoms with E-state index in [4.69, 9.17) is 0 Å². The molecule has 0 bridgehead atoms. The molecule has 0 spiro atoms. The topological polar surface area (TPSA) is 36.4 Å². The van der Waals surface area contributed by atoms with Crippen LogP contribution in [0.3, 0.4) is 0 Å². The highest BCUT2D eigenvalue weighted by Gasteiger charge is 2.25.